The fourth-order valence-electron chi connectivity index (χ4n) is 1.83. The van der Waals surface area contributed by atoms with Crippen LogP contribution >= 0.6 is 0 Å². The molecule has 5 nitrogen and oxygen atoms in total. The molecule has 108 valence electrons. The normalized spacial score (nSPS) is 11.2. The van der Waals surface area contributed by atoms with Crippen LogP contribution in [0.5, 0.6) is 5.75 Å². The van der Waals surface area contributed by atoms with E-state index in [1.807, 2.05) is 13.0 Å². The number of hydrogen-bond donors (Lipinski definition) is 3. The van der Waals surface area contributed by atoms with Crippen LogP contribution in [0.15, 0.2) is 47.6 Å². The molecule has 1 amide bonds. The van der Waals surface area contributed by atoms with E-state index in [2.05, 4.69) is 10.5 Å². The lowest BCUT2D eigenvalue weighted by Crippen LogP contribution is -2.19. The first-order valence-corrected chi connectivity index (χ1v) is 6.47. The van der Waals surface area contributed by atoms with Crippen molar-refractivity contribution in [3.05, 3.63) is 59.2 Å². The summed E-state index contributed by atoms with van der Waals surface area (Å²) in [4.78, 5) is 11.9. The van der Waals surface area contributed by atoms with Crippen LogP contribution < -0.4 is 11.2 Å². The van der Waals surface area contributed by atoms with Gasteiger partial charge < -0.3 is 10.8 Å². The Morgan fingerprint density at radius 3 is 2.52 bits per heavy atom. The second-order valence-corrected chi connectivity index (χ2v) is 4.78. The van der Waals surface area contributed by atoms with Crippen LogP contribution in [0.2, 0.25) is 0 Å². The van der Waals surface area contributed by atoms with Crippen molar-refractivity contribution in [2.75, 3.05) is 5.73 Å². The lowest BCUT2D eigenvalue weighted by atomic mass is 10.1. The number of carbonyl (C=O) groups is 1. The Kier molecular flexibility index (Phi) is 4.23. The maximum Gasteiger partial charge on any atom is 0.271 e. The summed E-state index contributed by atoms with van der Waals surface area (Å²) in [5.74, 6) is -0.204. The number of phenolic OH excluding ortho intramolecular Hbond substituents is 1. The quantitative estimate of drug-likeness (QED) is 0.459. The van der Waals surface area contributed by atoms with Gasteiger partial charge in [0.05, 0.1) is 5.71 Å². The van der Waals surface area contributed by atoms with E-state index in [0.717, 1.165) is 5.56 Å². The van der Waals surface area contributed by atoms with E-state index in [4.69, 9.17) is 5.73 Å². The minimum absolute atomic E-state index is 0.128. The predicted molar refractivity (Wildman–Crippen MR) is 83.4 cm³/mol. The molecule has 0 aliphatic heterocycles. The van der Waals surface area contributed by atoms with Gasteiger partial charge in [-0.1, -0.05) is 11.6 Å². The van der Waals surface area contributed by atoms with Gasteiger partial charge in [0.1, 0.15) is 5.75 Å². The highest BCUT2D eigenvalue weighted by molar-refractivity contribution is 6.02. The van der Waals surface area contributed by atoms with Crippen LogP contribution in [-0.4, -0.2) is 16.7 Å². The third-order valence-electron chi connectivity index (χ3n) is 3.04. The van der Waals surface area contributed by atoms with Crippen molar-refractivity contribution < 1.29 is 9.90 Å². The fraction of sp³-hybridized carbons (Fsp3) is 0.125. The van der Waals surface area contributed by atoms with Gasteiger partial charge in [0.25, 0.3) is 5.91 Å². The van der Waals surface area contributed by atoms with E-state index in [0.29, 0.717) is 22.5 Å². The topological polar surface area (TPSA) is 87.7 Å². The van der Waals surface area contributed by atoms with Crippen molar-refractivity contribution in [3.63, 3.8) is 0 Å². The Balaban J connectivity index is 2.14. The number of aryl methyl sites for hydroxylation is 1. The Hall–Kier alpha value is -2.82. The van der Waals surface area contributed by atoms with Crippen LogP contribution in [0.1, 0.15) is 28.4 Å². The van der Waals surface area contributed by atoms with E-state index in [1.54, 1.807) is 43.3 Å². The minimum Gasteiger partial charge on any atom is -0.507 e. The number of amides is 1. The van der Waals surface area contributed by atoms with Crippen molar-refractivity contribution in [1.29, 1.82) is 0 Å². The van der Waals surface area contributed by atoms with E-state index >= 15 is 0 Å². The largest absolute Gasteiger partial charge is 0.507 e. The molecule has 0 saturated carbocycles. The maximum absolute atomic E-state index is 11.9. The average Bonchev–Trinajstić information content (AvgIpc) is 2.47. The highest BCUT2D eigenvalue weighted by Crippen LogP contribution is 2.18. The number of benzene rings is 2. The van der Waals surface area contributed by atoms with E-state index in [9.17, 15) is 9.90 Å². The average molecular weight is 283 g/mol. The molecule has 0 unspecified atom stereocenters. The number of rotatable bonds is 3. The summed E-state index contributed by atoms with van der Waals surface area (Å²) in [7, 11) is 0. The minimum atomic E-state index is -0.332. The molecule has 0 aliphatic carbocycles. The predicted octanol–water partition coefficient (Wildman–Crippen LogP) is 2.44. The maximum atomic E-state index is 11.9. The summed E-state index contributed by atoms with van der Waals surface area (Å²) in [5, 5.41) is 13.8. The second kappa shape index (κ2) is 6.09. The summed E-state index contributed by atoms with van der Waals surface area (Å²) in [6, 6.07) is 11.8. The third kappa shape index (κ3) is 3.60. The highest BCUT2D eigenvalue weighted by Gasteiger charge is 2.07. The standard InChI is InChI=1S/C16H17N3O2/c1-10-3-8-15(20)14(9-10)11(2)18-19-16(21)12-4-6-13(17)7-5-12/h3-9,20H,17H2,1-2H3,(H,19,21)/b18-11+. The molecule has 0 atom stereocenters. The summed E-state index contributed by atoms with van der Waals surface area (Å²) in [6.45, 7) is 3.64. The monoisotopic (exact) mass is 283 g/mol. The molecule has 21 heavy (non-hydrogen) atoms. The molecule has 0 heterocycles. The third-order valence-corrected chi connectivity index (χ3v) is 3.04. The molecule has 2 aromatic rings. The van der Waals surface area contributed by atoms with Crippen molar-refractivity contribution >= 4 is 17.3 Å². The molecular formula is C16H17N3O2. The Labute approximate surface area is 123 Å². The van der Waals surface area contributed by atoms with E-state index < -0.39 is 0 Å². The molecule has 0 spiro atoms. The summed E-state index contributed by atoms with van der Waals surface area (Å²) in [6.07, 6.45) is 0. The number of nitrogens with two attached hydrogens (primary N) is 1. The smallest absolute Gasteiger partial charge is 0.271 e. The fourth-order valence-corrected chi connectivity index (χ4v) is 1.83. The zero-order valence-corrected chi connectivity index (χ0v) is 11.9. The number of nitrogens with one attached hydrogen (secondary N) is 1. The van der Waals surface area contributed by atoms with Gasteiger partial charge in [-0.3, -0.25) is 4.79 Å². The molecule has 0 radical (unpaired) electrons. The van der Waals surface area contributed by atoms with Crippen LogP contribution in [0.4, 0.5) is 5.69 Å². The van der Waals surface area contributed by atoms with Crippen LogP contribution in [0.3, 0.4) is 0 Å². The van der Waals surface area contributed by atoms with Gasteiger partial charge >= 0.3 is 0 Å². The van der Waals surface area contributed by atoms with Gasteiger partial charge in [-0.25, -0.2) is 5.43 Å². The number of hydrogen-bond acceptors (Lipinski definition) is 4. The Morgan fingerprint density at radius 2 is 1.86 bits per heavy atom. The zero-order valence-electron chi connectivity index (χ0n) is 11.9. The lowest BCUT2D eigenvalue weighted by Gasteiger charge is -2.06. The van der Waals surface area contributed by atoms with Crippen LogP contribution in [-0.2, 0) is 0 Å². The molecule has 0 saturated heterocycles. The first kappa shape index (κ1) is 14.6. The van der Waals surface area contributed by atoms with Gasteiger partial charge in [0.15, 0.2) is 0 Å². The number of aromatic hydroxyl groups is 1. The molecule has 0 aliphatic rings. The molecule has 2 aromatic carbocycles. The number of anilines is 1. The lowest BCUT2D eigenvalue weighted by molar-refractivity contribution is 0.0955. The van der Waals surface area contributed by atoms with Crippen LogP contribution in [0, 0.1) is 6.92 Å². The van der Waals surface area contributed by atoms with Crippen molar-refractivity contribution in [3.8, 4) is 5.75 Å². The van der Waals surface area contributed by atoms with Gasteiger partial charge in [0.2, 0.25) is 0 Å². The number of hydrazone groups is 1. The highest BCUT2D eigenvalue weighted by atomic mass is 16.3. The first-order valence-electron chi connectivity index (χ1n) is 6.47. The summed E-state index contributed by atoms with van der Waals surface area (Å²) < 4.78 is 0. The summed E-state index contributed by atoms with van der Waals surface area (Å²) >= 11 is 0. The Bertz CT molecular complexity index is 691. The first-order chi connectivity index (χ1) is 9.97. The molecule has 0 aromatic heterocycles. The van der Waals surface area contributed by atoms with Crippen molar-refractivity contribution in [1.82, 2.24) is 5.43 Å². The van der Waals surface area contributed by atoms with Crippen molar-refractivity contribution in [2.24, 2.45) is 5.10 Å². The number of phenols is 1. The van der Waals surface area contributed by atoms with Crippen LogP contribution in [0.25, 0.3) is 0 Å². The van der Waals surface area contributed by atoms with Gasteiger partial charge in [-0.05, 0) is 50.2 Å². The van der Waals surface area contributed by atoms with Gasteiger partial charge in [-0.2, -0.15) is 5.10 Å². The summed E-state index contributed by atoms with van der Waals surface area (Å²) in [5.41, 5.74) is 11.2. The molecule has 5 heteroatoms. The van der Waals surface area contributed by atoms with Gasteiger partial charge in [-0.15, -0.1) is 0 Å². The Morgan fingerprint density at radius 1 is 1.19 bits per heavy atom. The van der Waals surface area contributed by atoms with Gasteiger partial charge in [0, 0.05) is 16.8 Å². The number of carbonyl (C=O) groups excluding carboxylic acids is 1. The molecule has 4 N–H and O–H groups in total. The molecular weight excluding hydrogens is 266 g/mol. The van der Waals surface area contributed by atoms with E-state index in [1.165, 1.54) is 0 Å². The second-order valence-electron chi connectivity index (χ2n) is 4.78. The van der Waals surface area contributed by atoms with Crippen molar-refractivity contribution in [2.45, 2.75) is 13.8 Å². The number of nitrogens with zero attached hydrogens (tertiary/aromatic N) is 1. The van der Waals surface area contributed by atoms with E-state index in [-0.39, 0.29) is 11.7 Å². The molecule has 0 bridgehead atoms. The zero-order chi connectivity index (χ0) is 15.4. The SMILES string of the molecule is C/C(=N\NC(=O)c1ccc(N)cc1)c1cc(C)ccc1O. The number of nitrogen functional groups attached to an aromatic ring is 1. The molecule has 0 fully saturated rings. The molecule has 2 rings (SSSR count).